The van der Waals surface area contributed by atoms with E-state index in [2.05, 4.69) is 15.4 Å². The molecule has 3 aromatic rings. The van der Waals surface area contributed by atoms with Crippen LogP contribution in [0.4, 0.5) is 29.5 Å². The lowest BCUT2D eigenvalue weighted by Crippen LogP contribution is -2.41. The van der Waals surface area contributed by atoms with E-state index < -0.39 is 23.7 Å². The molecular weight excluding hydrogens is 371 g/mol. The number of carbonyl (C=O) groups is 1. The summed E-state index contributed by atoms with van der Waals surface area (Å²) in [6.45, 7) is 0. The van der Waals surface area contributed by atoms with E-state index in [9.17, 15) is 18.0 Å². The lowest BCUT2D eigenvalue weighted by Gasteiger charge is -2.23. The quantitative estimate of drug-likeness (QED) is 0.665. The maximum absolute atomic E-state index is 13.4. The lowest BCUT2D eigenvalue weighted by atomic mass is 10.2. The van der Waals surface area contributed by atoms with Crippen LogP contribution in [-0.2, 0) is 6.18 Å². The number of para-hydroxylation sites is 2. The Morgan fingerprint density at radius 2 is 1.62 bits per heavy atom. The van der Waals surface area contributed by atoms with Gasteiger partial charge in [0.25, 0.3) is 0 Å². The summed E-state index contributed by atoms with van der Waals surface area (Å²) in [6.07, 6.45) is -4.79. The second kappa shape index (κ2) is 6.68. The SMILES string of the molecule is NC(=O)N(Nc1nc2ccccc2nc1C(F)(F)F)c1ccc(Cl)cc1. The van der Waals surface area contributed by atoms with E-state index in [1.54, 1.807) is 12.1 Å². The minimum Gasteiger partial charge on any atom is -0.350 e. The predicted molar refractivity (Wildman–Crippen MR) is 91.7 cm³/mol. The number of hydrogen-bond donors (Lipinski definition) is 2. The van der Waals surface area contributed by atoms with Crippen molar-refractivity contribution in [3.8, 4) is 0 Å². The summed E-state index contributed by atoms with van der Waals surface area (Å²) < 4.78 is 40.2. The number of hydrogen-bond acceptors (Lipinski definition) is 4. The minimum atomic E-state index is -4.79. The molecule has 0 saturated heterocycles. The first-order valence-electron chi connectivity index (χ1n) is 7.21. The second-order valence-electron chi connectivity index (χ2n) is 5.17. The summed E-state index contributed by atoms with van der Waals surface area (Å²) in [4.78, 5) is 19.3. The topological polar surface area (TPSA) is 84.1 Å². The van der Waals surface area contributed by atoms with E-state index in [1.165, 1.54) is 36.4 Å². The Kier molecular flexibility index (Phi) is 4.56. The van der Waals surface area contributed by atoms with Gasteiger partial charge in [-0.1, -0.05) is 23.7 Å². The zero-order valence-electron chi connectivity index (χ0n) is 13.0. The van der Waals surface area contributed by atoms with Crippen LogP contribution in [0.1, 0.15) is 5.69 Å². The monoisotopic (exact) mass is 381 g/mol. The first-order chi connectivity index (χ1) is 12.3. The summed E-state index contributed by atoms with van der Waals surface area (Å²) >= 11 is 5.78. The van der Waals surface area contributed by atoms with Gasteiger partial charge in [-0.05, 0) is 36.4 Å². The molecule has 1 aromatic heterocycles. The first kappa shape index (κ1) is 17.7. The highest BCUT2D eigenvalue weighted by molar-refractivity contribution is 6.30. The number of hydrazine groups is 1. The number of amides is 2. The van der Waals surface area contributed by atoms with Crippen molar-refractivity contribution in [3.63, 3.8) is 0 Å². The smallest absolute Gasteiger partial charge is 0.350 e. The number of anilines is 2. The molecule has 3 rings (SSSR count). The normalized spacial score (nSPS) is 11.4. The molecule has 2 aromatic carbocycles. The number of urea groups is 1. The molecule has 0 atom stereocenters. The number of aromatic nitrogens is 2. The van der Waals surface area contributed by atoms with Gasteiger partial charge in [-0.25, -0.2) is 19.8 Å². The van der Waals surface area contributed by atoms with Gasteiger partial charge in [0.1, 0.15) is 0 Å². The molecule has 0 radical (unpaired) electrons. The molecule has 134 valence electrons. The Labute approximate surface area is 150 Å². The molecule has 10 heteroatoms. The third-order valence-corrected chi connectivity index (χ3v) is 3.61. The van der Waals surface area contributed by atoms with Crippen molar-refractivity contribution in [2.75, 3.05) is 10.4 Å². The van der Waals surface area contributed by atoms with Gasteiger partial charge in [-0.2, -0.15) is 13.2 Å². The number of halogens is 4. The number of nitrogens with one attached hydrogen (secondary N) is 1. The van der Waals surface area contributed by atoms with Crippen LogP contribution in [0, 0.1) is 0 Å². The molecule has 26 heavy (non-hydrogen) atoms. The molecule has 1 heterocycles. The molecule has 2 amide bonds. The van der Waals surface area contributed by atoms with Crippen LogP contribution in [0.25, 0.3) is 11.0 Å². The fourth-order valence-corrected chi connectivity index (χ4v) is 2.34. The van der Waals surface area contributed by atoms with E-state index in [0.717, 1.165) is 5.01 Å². The van der Waals surface area contributed by atoms with E-state index >= 15 is 0 Å². The van der Waals surface area contributed by atoms with Crippen molar-refractivity contribution in [2.45, 2.75) is 6.18 Å². The summed E-state index contributed by atoms with van der Waals surface area (Å²) in [7, 11) is 0. The number of nitrogens with two attached hydrogens (primary N) is 1. The lowest BCUT2D eigenvalue weighted by molar-refractivity contribution is -0.140. The molecule has 0 unspecified atom stereocenters. The van der Waals surface area contributed by atoms with E-state index in [0.29, 0.717) is 5.02 Å². The zero-order chi connectivity index (χ0) is 18.9. The van der Waals surface area contributed by atoms with Crippen molar-refractivity contribution in [2.24, 2.45) is 5.73 Å². The highest BCUT2D eigenvalue weighted by Gasteiger charge is 2.37. The Morgan fingerprint density at radius 1 is 1.04 bits per heavy atom. The summed E-state index contributed by atoms with van der Waals surface area (Å²) in [5, 5.41) is 1.12. The molecule has 0 aliphatic heterocycles. The number of carbonyl (C=O) groups excluding carboxylic acids is 1. The maximum atomic E-state index is 13.4. The van der Waals surface area contributed by atoms with Crippen molar-refractivity contribution in [1.29, 1.82) is 0 Å². The summed E-state index contributed by atoms with van der Waals surface area (Å²) in [5.74, 6) is -0.648. The van der Waals surface area contributed by atoms with Crippen LogP contribution < -0.4 is 16.2 Å². The fraction of sp³-hybridized carbons (Fsp3) is 0.0625. The highest BCUT2D eigenvalue weighted by Crippen LogP contribution is 2.34. The molecule has 0 saturated carbocycles. The van der Waals surface area contributed by atoms with Crippen LogP contribution in [0.5, 0.6) is 0 Å². The van der Waals surface area contributed by atoms with Crippen molar-refractivity contribution in [1.82, 2.24) is 9.97 Å². The van der Waals surface area contributed by atoms with Crippen LogP contribution in [-0.4, -0.2) is 16.0 Å². The molecule has 6 nitrogen and oxygen atoms in total. The van der Waals surface area contributed by atoms with Gasteiger partial charge in [-0.15, -0.1) is 0 Å². The Hall–Kier alpha value is -3.07. The average molecular weight is 382 g/mol. The average Bonchev–Trinajstić information content (AvgIpc) is 2.59. The Balaban J connectivity index is 2.10. The van der Waals surface area contributed by atoms with Gasteiger partial charge in [0, 0.05) is 5.02 Å². The van der Waals surface area contributed by atoms with Crippen molar-refractivity contribution < 1.29 is 18.0 Å². The zero-order valence-corrected chi connectivity index (χ0v) is 13.7. The third-order valence-electron chi connectivity index (χ3n) is 3.36. The van der Waals surface area contributed by atoms with Gasteiger partial charge in [0.2, 0.25) is 0 Å². The Bertz CT molecular complexity index is 962. The van der Waals surface area contributed by atoms with Gasteiger partial charge in [0.15, 0.2) is 11.5 Å². The van der Waals surface area contributed by atoms with Crippen molar-refractivity contribution >= 4 is 40.2 Å². The Morgan fingerprint density at radius 3 is 2.15 bits per heavy atom. The molecule has 0 bridgehead atoms. The van der Waals surface area contributed by atoms with Crippen LogP contribution in [0.15, 0.2) is 48.5 Å². The largest absolute Gasteiger partial charge is 0.437 e. The highest BCUT2D eigenvalue weighted by atomic mass is 35.5. The predicted octanol–water partition coefficient (Wildman–Crippen LogP) is 4.21. The van der Waals surface area contributed by atoms with E-state index in [1.807, 2.05) is 0 Å². The van der Waals surface area contributed by atoms with Crippen LogP contribution in [0.2, 0.25) is 5.02 Å². The van der Waals surface area contributed by atoms with Gasteiger partial charge >= 0.3 is 12.2 Å². The number of nitrogens with zero attached hydrogens (tertiary/aromatic N) is 3. The van der Waals surface area contributed by atoms with E-state index in [-0.39, 0.29) is 16.7 Å². The third kappa shape index (κ3) is 3.62. The molecular formula is C16H11ClF3N5O. The molecule has 0 aliphatic carbocycles. The van der Waals surface area contributed by atoms with Crippen molar-refractivity contribution in [3.05, 3.63) is 59.2 Å². The first-order valence-corrected chi connectivity index (χ1v) is 7.59. The summed E-state index contributed by atoms with van der Waals surface area (Å²) in [5.41, 5.74) is 6.81. The summed E-state index contributed by atoms with van der Waals surface area (Å²) in [6, 6.07) is 10.8. The van der Waals surface area contributed by atoms with Gasteiger partial charge in [0.05, 0.1) is 16.7 Å². The van der Waals surface area contributed by atoms with Crippen LogP contribution in [0.3, 0.4) is 0 Å². The van der Waals surface area contributed by atoms with Gasteiger partial charge < -0.3 is 5.73 Å². The minimum absolute atomic E-state index is 0.0718. The standard InChI is InChI=1S/C16H11ClF3N5O/c17-9-5-7-10(8-6-9)25(15(21)26)24-14-13(16(18,19)20)22-11-3-1-2-4-12(11)23-14/h1-8H,(H2,21,26)(H,23,24). The number of alkyl halides is 3. The number of benzene rings is 2. The van der Waals surface area contributed by atoms with E-state index in [4.69, 9.17) is 17.3 Å². The molecule has 3 N–H and O–H groups in total. The number of rotatable bonds is 3. The number of fused-ring (bicyclic) bond motifs is 1. The number of primary amides is 1. The fourth-order valence-electron chi connectivity index (χ4n) is 2.22. The van der Waals surface area contributed by atoms with Crippen LogP contribution >= 0.6 is 11.6 Å². The molecule has 0 aliphatic rings. The maximum Gasteiger partial charge on any atom is 0.437 e. The van der Waals surface area contributed by atoms with Gasteiger partial charge in [-0.3, -0.25) is 5.43 Å². The molecule has 0 spiro atoms. The second-order valence-corrected chi connectivity index (χ2v) is 5.61. The molecule has 0 fully saturated rings.